The molecule has 10 heteroatoms. The summed E-state index contributed by atoms with van der Waals surface area (Å²) in [6, 6.07) is 13.2. The third-order valence-corrected chi connectivity index (χ3v) is 6.63. The molecule has 0 aromatic heterocycles. The minimum Gasteiger partial charge on any atom is -0.497 e. The predicted octanol–water partition coefficient (Wildman–Crippen LogP) is 4.42. The maximum atomic E-state index is 14.1. The zero-order chi connectivity index (χ0) is 28.8. The molecule has 2 amide bonds. The molecule has 4 rings (SSSR count). The summed E-state index contributed by atoms with van der Waals surface area (Å²) in [4.78, 5) is 29.8. The average molecular weight is 553 g/mol. The minimum atomic E-state index is -0.749. The molecule has 1 aliphatic heterocycles. The number of amides is 2. The topological polar surface area (TPSA) is 77.5 Å². The van der Waals surface area contributed by atoms with E-state index in [1.165, 1.54) is 46.6 Å². The van der Waals surface area contributed by atoms with E-state index in [4.69, 9.17) is 18.9 Å². The van der Waals surface area contributed by atoms with Gasteiger partial charge in [-0.25, -0.2) is 8.78 Å². The summed E-state index contributed by atoms with van der Waals surface area (Å²) >= 11 is 0. The molecule has 0 bridgehead atoms. The average Bonchev–Trinajstić information content (AvgIpc) is 2.98. The van der Waals surface area contributed by atoms with Gasteiger partial charge in [-0.05, 0) is 53.1 Å². The molecule has 0 N–H and O–H groups in total. The zero-order valence-corrected chi connectivity index (χ0v) is 22.7. The van der Waals surface area contributed by atoms with Gasteiger partial charge in [0.2, 0.25) is 11.7 Å². The van der Waals surface area contributed by atoms with Gasteiger partial charge >= 0.3 is 0 Å². The van der Waals surface area contributed by atoms with E-state index in [-0.39, 0.29) is 30.5 Å². The molecule has 0 radical (unpaired) electrons. The van der Waals surface area contributed by atoms with Crippen LogP contribution in [0.5, 0.6) is 23.0 Å². The zero-order valence-electron chi connectivity index (χ0n) is 22.7. The van der Waals surface area contributed by atoms with Crippen LogP contribution < -0.4 is 18.9 Å². The Morgan fingerprint density at radius 1 is 0.675 bits per heavy atom. The van der Waals surface area contributed by atoms with Gasteiger partial charge in [-0.1, -0.05) is 12.1 Å². The molecule has 8 nitrogen and oxygen atoms in total. The number of carbonyl (C=O) groups is 2. The molecule has 0 spiro atoms. The van der Waals surface area contributed by atoms with Gasteiger partial charge in [0, 0.05) is 43.9 Å². The van der Waals surface area contributed by atoms with E-state index in [9.17, 15) is 18.4 Å². The summed E-state index contributed by atoms with van der Waals surface area (Å²) in [5.74, 6) is -0.358. The molecule has 1 saturated heterocycles. The van der Waals surface area contributed by atoms with Crippen LogP contribution >= 0.6 is 0 Å². The van der Waals surface area contributed by atoms with Crippen molar-refractivity contribution in [1.29, 1.82) is 0 Å². The highest BCUT2D eigenvalue weighted by Gasteiger charge is 2.26. The molecule has 3 aromatic carbocycles. The van der Waals surface area contributed by atoms with Crippen molar-refractivity contribution in [1.82, 2.24) is 9.80 Å². The highest BCUT2D eigenvalue weighted by atomic mass is 19.1. The van der Waals surface area contributed by atoms with Crippen LogP contribution in [-0.2, 0) is 4.79 Å². The van der Waals surface area contributed by atoms with Crippen LogP contribution in [0, 0.1) is 11.6 Å². The van der Waals surface area contributed by atoms with E-state index >= 15 is 0 Å². The lowest BCUT2D eigenvalue weighted by Crippen LogP contribution is -2.50. The van der Waals surface area contributed by atoms with Gasteiger partial charge < -0.3 is 28.7 Å². The fourth-order valence-corrected chi connectivity index (χ4v) is 4.55. The molecule has 3 aromatic rings. The van der Waals surface area contributed by atoms with Gasteiger partial charge in [0.15, 0.2) is 11.5 Å². The lowest BCUT2D eigenvalue weighted by Gasteiger charge is -2.34. The minimum absolute atomic E-state index is 0.229. The Kier molecular flexibility index (Phi) is 8.88. The van der Waals surface area contributed by atoms with Crippen LogP contribution in [0.2, 0.25) is 0 Å². The highest BCUT2D eigenvalue weighted by molar-refractivity contribution is 6.00. The van der Waals surface area contributed by atoms with Crippen LogP contribution in [0.4, 0.5) is 8.78 Å². The molecule has 0 atom stereocenters. The molecule has 0 unspecified atom stereocenters. The van der Waals surface area contributed by atoms with Crippen molar-refractivity contribution in [2.45, 2.75) is 0 Å². The van der Waals surface area contributed by atoms with Crippen LogP contribution in [0.1, 0.15) is 21.5 Å². The Morgan fingerprint density at radius 2 is 1.23 bits per heavy atom. The molecular formula is C30H30F2N2O6. The number of ether oxygens (including phenoxy) is 4. The second-order valence-corrected chi connectivity index (χ2v) is 8.98. The number of methoxy groups -OCH3 is 4. The Morgan fingerprint density at radius 3 is 1.73 bits per heavy atom. The van der Waals surface area contributed by atoms with Crippen LogP contribution in [0.25, 0.3) is 5.57 Å². The number of piperazine rings is 1. The van der Waals surface area contributed by atoms with Crippen molar-refractivity contribution in [3.63, 3.8) is 0 Å². The van der Waals surface area contributed by atoms with Crippen molar-refractivity contribution in [2.24, 2.45) is 0 Å². The lowest BCUT2D eigenvalue weighted by molar-refractivity contribution is -0.127. The molecular weight excluding hydrogens is 522 g/mol. The van der Waals surface area contributed by atoms with Gasteiger partial charge in [0.05, 0.1) is 28.4 Å². The van der Waals surface area contributed by atoms with Gasteiger partial charge in [-0.2, -0.15) is 0 Å². The van der Waals surface area contributed by atoms with E-state index in [1.807, 2.05) is 0 Å². The number of rotatable bonds is 8. The monoisotopic (exact) mass is 552 g/mol. The second-order valence-electron chi connectivity index (χ2n) is 8.98. The maximum absolute atomic E-state index is 14.1. The number of hydrogen-bond acceptors (Lipinski definition) is 6. The number of benzene rings is 3. The largest absolute Gasteiger partial charge is 0.497 e. The first kappa shape index (κ1) is 28.4. The summed E-state index contributed by atoms with van der Waals surface area (Å²) in [6.07, 6.45) is 1.37. The quantitative estimate of drug-likeness (QED) is 0.386. The molecule has 210 valence electrons. The van der Waals surface area contributed by atoms with Crippen molar-refractivity contribution in [3.8, 4) is 23.0 Å². The first-order chi connectivity index (χ1) is 19.3. The third kappa shape index (κ3) is 6.17. The first-order valence-electron chi connectivity index (χ1n) is 12.5. The normalized spacial score (nSPS) is 13.6. The lowest BCUT2D eigenvalue weighted by atomic mass is 9.96. The van der Waals surface area contributed by atoms with Gasteiger partial charge in [-0.3, -0.25) is 9.59 Å². The predicted molar refractivity (Wildman–Crippen MR) is 145 cm³/mol. The Bertz CT molecular complexity index is 1370. The van der Waals surface area contributed by atoms with Crippen LogP contribution in [0.15, 0.2) is 60.7 Å². The second kappa shape index (κ2) is 12.5. The van der Waals surface area contributed by atoms with Gasteiger partial charge in [0.1, 0.15) is 17.4 Å². The molecule has 0 aliphatic carbocycles. The van der Waals surface area contributed by atoms with Gasteiger partial charge in [0.25, 0.3) is 5.91 Å². The fourth-order valence-electron chi connectivity index (χ4n) is 4.55. The number of carbonyl (C=O) groups excluding carboxylic acids is 2. The molecule has 1 aliphatic rings. The van der Waals surface area contributed by atoms with Gasteiger partial charge in [-0.15, -0.1) is 0 Å². The van der Waals surface area contributed by atoms with E-state index in [0.717, 1.165) is 6.07 Å². The smallest absolute Gasteiger partial charge is 0.254 e. The van der Waals surface area contributed by atoms with E-state index in [1.54, 1.807) is 46.2 Å². The maximum Gasteiger partial charge on any atom is 0.254 e. The van der Waals surface area contributed by atoms with Crippen molar-refractivity contribution >= 4 is 17.4 Å². The molecule has 1 fully saturated rings. The molecule has 1 heterocycles. The summed E-state index contributed by atoms with van der Waals surface area (Å²) in [5, 5.41) is 0. The van der Waals surface area contributed by atoms with E-state index < -0.39 is 11.6 Å². The number of hydrogen-bond donors (Lipinski definition) is 0. The molecule has 40 heavy (non-hydrogen) atoms. The van der Waals surface area contributed by atoms with E-state index in [2.05, 4.69) is 0 Å². The highest BCUT2D eigenvalue weighted by Crippen LogP contribution is 2.38. The van der Waals surface area contributed by atoms with Crippen LogP contribution in [-0.4, -0.2) is 76.2 Å². The van der Waals surface area contributed by atoms with Crippen LogP contribution in [0.3, 0.4) is 0 Å². The van der Waals surface area contributed by atoms with Crippen molar-refractivity contribution < 1.29 is 37.3 Å². The summed E-state index contributed by atoms with van der Waals surface area (Å²) in [6.45, 7) is 1.14. The number of nitrogens with zero attached hydrogens (tertiary/aromatic N) is 2. The first-order valence-corrected chi connectivity index (χ1v) is 12.5. The standard InChI is InChI=1S/C30H30F2N2O6/c1-37-24-7-5-19(6-8-24)25(20-13-22(31)17-23(32)14-20)18-28(35)33-9-11-34(12-10-33)30(36)21-15-26(38-2)29(40-4)27(16-21)39-3/h5-8,13-18H,9-12H2,1-4H3. The Labute approximate surface area is 231 Å². The summed E-state index contributed by atoms with van der Waals surface area (Å²) in [7, 11) is 5.96. The van der Waals surface area contributed by atoms with Crippen molar-refractivity contribution in [2.75, 3.05) is 54.6 Å². The molecule has 0 saturated carbocycles. The third-order valence-electron chi connectivity index (χ3n) is 6.63. The summed E-state index contributed by atoms with van der Waals surface area (Å²) in [5.41, 5.74) is 1.55. The van der Waals surface area contributed by atoms with Crippen molar-refractivity contribution in [3.05, 3.63) is 89.0 Å². The fraction of sp³-hybridized carbons (Fsp3) is 0.267. The Hall–Kier alpha value is -4.60. The summed E-state index contributed by atoms with van der Waals surface area (Å²) < 4.78 is 49.4. The Balaban J connectivity index is 1.54. The van der Waals surface area contributed by atoms with E-state index in [0.29, 0.717) is 52.8 Å². The number of halogens is 2. The SMILES string of the molecule is COc1ccc(C(=CC(=O)N2CCN(C(=O)c3cc(OC)c(OC)c(OC)c3)CC2)c2cc(F)cc(F)c2)cc1.